The van der Waals surface area contributed by atoms with E-state index >= 15 is 0 Å². The molecule has 2 amide bonds. The number of thioether (sulfide) groups is 1. The molecule has 11 heteroatoms. The minimum atomic E-state index is -0.743. The van der Waals surface area contributed by atoms with Crippen molar-refractivity contribution in [2.75, 3.05) is 19.5 Å². The molecule has 0 bridgehead atoms. The van der Waals surface area contributed by atoms with Gasteiger partial charge in [-0.3, -0.25) is 19.3 Å². The molecule has 1 aromatic heterocycles. The van der Waals surface area contributed by atoms with Gasteiger partial charge >= 0.3 is 11.9 Å². The van der Waals surface area contributed by atoms with Crippen LogP contribution in [0.3, 0.4) is 0 Å². The van der Waals surface area contributed by atoms with Gasteiger partial charge in [0, 0.05) is 23.1 Å². The summed E-state index contributed by atoms with van der Waals surface area (Å²) in [5.41, 5.74) is 1.30. The Labute approximate surface area is 210 Å². The molecule has 0 unspecified atom stereocenters. The van der Waals surface area contributed by atoms with E-state index in [-0.39, 0.29) is 31.2 Å². The highest BCUT2D eigenvalue weighted by Crippen LogP contribution is 2.41. The molecule has 0 saturated carbocycles. The third-order valence-electron chi connectivity index (χ3n) is 5.45. The van der Waals surface area contributed by atoms with E-state index in [1.807, 2.05) is 17.5 Å². The van der Waals surface area contributed by atoms with Crippen LogP contribution in [0.15, 0.2) is 53.0 Å². The van der Waals surface area contributed by atoms with Gasteiger partial charge in [0.1, 0.15) is 36.1 Å². The number of β-lactam (4-membered cyclic amide) rings is 1. The minimum Gasteiger partial charge on any atom is -0.497 e. The summed E-state index contributed by atoms with van der Waals surface area (Å²) < 4.78 is 15.7. The molecular weight excluding hydrogens is 492 g/mol. The zero-order valence-corrected chi connectivity index (χ0v) is 20.8. The predicted molar refractivity (Wildman–Crippen MR) is 129 cm³/mol. The SMILES string of the molecule is COc1ccc(COC(=O)C2=C(COC(C)=O)CS[C@H]3[C@H](NC(=O)Cc4cccs4)C(=O)N23)cc1. The molecule has 2 aromatic rings. The molecule has 0 radical (unpaired) electrons. The van der Waals surface area contributed by atoms with Crippen LogP contribution < -0.4 is 10.1 Å². The lowest BCUT2D eigenvalue weighted by molar-refractivity contribution is -0.153. The van der Waals surface area contributed by atoms with Gasteiger partial charge in [-0.2, -0.15) is 0 Å². The second-order valence-corrected chi connectivity index (χ2v) is 10.0. The first-order chi connectivity index (χ1) is 16.9. The molecule has 0 aliphatic carbocycles. The summed E-state index contributed by atoms with van der Waals surface area (Å²) in [5, 5.41) is 4.22. The summed E-state index contributed by atoms with van der Waals surface area (Å²) in [5.74, 6) is -0.819. The molecule has 35 heavy (non-hydrogen) atoms. The monoisotopic (exact) mass is 516 g/mol. The van der Waals surface area contributed by atoms with Crippen LogP contribution in [0.25, 0.3) is 0 Å². The standard InChI is InChI=1S/C24H24N2O7S2/c1-14(27)32-12-16-13-35-23-20(25-19(28)10-18-4-3-9-34-18)22(29)26(23)21(16)24(30)33-11-15-5-7-17(31-2)8-6-15/h3-9,20,23H,10-13H2,1-2H3,(H,25,28)/t20-,23+/m1/s1. The van der Waals surface area contributed by atoms with Gasteiger partial charge in [-0.1, -0.05) is 18.2 Å². The second kappa shape index (κ2) is 11.0. The molecule has 9 nitrogen and oxygen atoms in total. The van der Waals surface area contributed by atoms with Crippen molar-refractivity contribution in [2.24, 2.45) is 0 Å². The molecule has 2 aliphatic heterocycles. The van der Waals surface area contributed by atoms with Crippen molar-refractivity contribution in [1.82, 2.24) is 10.2 Å². The largest absolute Gasteiger partial charge is 0.497 e. The van der Waals surface area contributed by atoms with E-state index < -0.39 is 29.3 Å². The maximum atomic E-state index is 13.1. The van der Waals surface area contributed by atoms with E-state index in [2.05, 4.69) is 5.32 Å². The zero-order valence-electron chi connectivity index (χ0n) is 19.1. The number of rotatable bonds is 9. The van der Waals surface area contributed by atoms with Crippen molar-refractivity contribution in [3.63, 3.8) is 0 Å². The molecule has 1 aromatic carbocycles. The van der Waals surface area contributed by atoms with Crippen molar-refractivity contribution in [1.29, 1.82) is 0 Å². The number of nitrogens with one attached hydrogen (secondary N) is 1. The van der Waals surface area contributed by atoms with Crippen molar-refractivity contribution in [3.8, 4) is 5.75 Å². The van der Waals surface area contributed by atoms with Crippen LogP contribution >= 0.6 is 23.1 Å². The number of carbonyl (C=O) groups is 4. The quantitative estimate of drug-likeness (QED) is 0.399. The van der Waals surface area contributed by atoms with Crippen LogP contribution in [0.2, 0.25) is 0 Å². The van der Waals surface area contributed by atoms with Crippen molar-refractivity contribution in [2.45, 2.75) is 31.4 Å². The predicted octanol–water partition coefficient (Wildman–Crippen LogP) is 2.26. The Morgan fingerprint density at radius 2 is 1.89 bits per heavy atom. The summed E-state index contributed by atoms with van der Waals surface area (Å²) in [7, 11) is 1.56. The summed E-state index contributed by atoms with van der Waals surface area (Å²) in [4.78, 5) is 52.1. The fourth-order valence-corrected chi connectivity index (χ4v) is 5.74. The van der Waals surface area contributed by atoms with Gasteiger partial charge in [0.25, 0.3) is 5.91 Å². The first kappa shape index (κ1) is 24.8. The Bertz CT molecular complexity index is 1150. The van der Waals surface area contributed by atoms with Gasteiger partial charge in [0.2, 0.25) is 5.91 Å². The summed E-state index contributed by atoms with van der Waals surface area (Å²) >= 11 is 2.86. The maximum Gasteiger partial charge on any atom is 0.355 e. The number of carbonyl (C=O) groups excluding carboxylic acids is 4. The third kappa shape index (κ3) is 5.68. The van der Waals surface area contributed by atoms with E-state index in [0.29, 0.717) is 17.1 Å². The van der Waals surface area contributed by atoms with Crippen molar-refractivity contribution < 1.29 is 33.4 Å². The number of thiophene rings is 1. The topological polar surface area (TPSA) is 111 Å². The lowest BCUT2D eigenvalue weighted by atomic mass is 10.0. The summed E-state index contributed by atoms with van der Waals surface area (Å²) in [6.07, 6.45) is 0.184. The van der Waals surface area contributed by atoms with Crippen molar-refractivity contribution in [3.05, 3.63) is 63.5 Å². The lowest BCUT2D eigenvalue weighted by Crippen LogP contribution is -2.70. The average Bonchev–Trinajstić information content (AvgIpc) is 3.37. The Morgan fingerprint density at radius 3 is 2.54 bits per heavy atom. The molecule has 1 saturated heterocycles. The summed E-state index contributed by atoms with van der Waals surface area (Å²) in [6.45, 7) is 1.14. The Kier molecular flexibility index (Phi) is 7.76. The van der Waals surface area contributed by atoms with Crippen LogP contribution in [0, 0.1) is 0 Å². The highest BCUT2D eigenvalue weighted by Gasteiger charge is 2.54. The number of methoxy groups -OCH3 is 1. The lowest BCUT2D eigenvalue weighted by Gasteiger charge is -2.49. The summed E-state index contributed by atoms with van der Waals surface area (Å²) in [6, 6.07) is 10.0. The zero-order chi connectivity index (χ0) is 24.9. The van der Waals surface area contributed by atoms with Gasteiger partial charge < -0.3 is 19.5 Å². The van der Waals surface area contributed by atoms with Crippen molar-refractivity contribution >= 4 is 46.9 Å². The number of ether oxygens (including phenoxy) is 3. The number of nitrogens with zero attached hydrogens (tertiary/aromatic N) is 1. The van der Waals surface area contributed by atoms with Crippen LogP contribution in [0.5, 0.6) is 5.75 Å². The number of amides is 2. The Balaban J connectivity index is 1.46. The van der Waals surface area contributed by atoms with Gasteiger partial charge in [0.05, 0.1) is 13.5 Å². The molecular formula is C24H24N2O7S2. The van der Waals surface area contributed by atoms with Crippen LogP contribution in [-0.4, -0.2) is 59.5 Å². The Morgan fingerprint density at radius 1 is 1.11 bits per heavy atom. The van der Waals surface area contributed by atoms with E-state index in [0.717, 1.165) is 10.4 Å². The van der Waals surface area contributed by atoms with E-state index in [4.69, 9.17) is 14.2 Å². The first-order valence-electron chi connectivity index (χ1n) is 10.8. The van der Waals surface area contributed by atoms with E-state index in [1.54, 1.807) is 31.4 Å². The molecule has 2 atom stereocenters. The molecule has 184 valence electrons. The number of hydrogen-bond acceptors (Lipinski definition) is 9. The molecule has 3 heterocycles. The molecule has 2 aliphatic rings. The Hall–Kier alpha value is -3.31. The number of esters is 2. The average molecular weight is 517 g/mol. The van der Waals surface area contributed by atoms with Crippen LogP contribution in [-0.2, 0) is 41.7 Å². The fraction of sp³-hybridized carbons (Fsp3) is 0.333. The van der Waals surface area contributed by atoms with Gasteiger partial charge in [-0.15, -0.1) is 23.1 Å². The maximum absolute atomic E-state index is 13.1. The molecule has 1 N–H and O–H groups in total. The fourth-order valence-electron chi connectivity index (χ4n) is 3.71. The first-order valence-corrected chi connectivity index (χ1v) is 12.7. The minimum absolute atomic E-state index is 0.00596. The molecule has 1 fully saturated rings. The van der Waals surface area contributed by atoms with Gasteiger partial charge in [-0.05, 0) is 29.1 Å². The molecule has 0 spiro atoms. The highest BCUT2D eigenvalue weighted by molar-refractivity contribution is 8.00. The normalized spacial score (nSPS) is 18.9. The number of benzene rings is 1. The van der Waals surface area contributed by atoms with Crippen LogP contribution in [0.1, 0.15) is 17.4 Å². The van der Waals surface area contributed by atoms with Gasteiger partial charge in [0.15, 0.2) is 0 Å². The smallest absolute Gasteiger partial charge is 0.355 e. The second-order valence-electron chi connectivity index (χ2n) is 7.87. The third-order valence-corrected chi connectivity index (χ3v) is 7.67. The number of fused-ring (bicyclic) bond motifs is 1. The van der Waals surface area contributed by atoms with Gasteiger partial charge in [-0.25, -0.2) is 4.79 Å². The van der Waals surface area contributed by atoms with E-state index in [1.165, 1.54) is 34.9 Å². The number of hydrogen-bond donors (Lipinski definition) is 1. The van der Waals surface area contributed by atoms with Crippen LogP contribution in [0.4, 0.5) is 0 Å². The van der Waals surface area contributed by atoms with E-state index in [9.17, 15) is 19.2 Å². The molecule has 4 rings (SSSR count). The highest BCUT2D eigenvalue weighted by atomic mass is 32.2.